The maximum atomic E-state index is 13.2. The largest absolute Gasteiger partial charge is 0.492 e. The molecule has 19 nitrogen and oxygen atoms in total. The fraction of sp³-hybridized carbons (Fsp3) is 0.232. The molecule has 23 heteroatoms. The van der Waals surface area contributed by atoms with Crippen LogP contribution in [-0.4, -0.2) is 54.9 Å². The molecule has 2 heterocycles. The van der Waals surface area contributed by atoms with Crippen molar-refractivity contribution in [3.8, 4) is 34.5 Å². The third kappa shape index (κ3) is 18.0. The highest BCUT2D eigenvalue weighted by Gasteiger charge is 2.23. The Morgan fingerprint density at radius 3 is 1.39 bits per heavy atom. The first-order valence-electron chi connectivity index (χ1n) is 23.7. The number of methoxy groups -OCH3 is 2. The molecule has 420 valence electrons. The number of hydrogen-bond acceptors (Lipinski definition) is 15. The summed E-state index contributed by atoms with van der Waals surface area (Å²) in [7, 11) is -4.14. The van der Waals surface area contributed by atoms with Crippen LogP contribution in [0.2, 0.25) is 0 Å². The fourth-order valence-electron chi connectivity index (χ4n) is 7.48. The van der Waals surface area contributed by atoms with Gasteiger partial charge in [0.1, 0.15) is 23.0 Å². The summed E-state index contributed by atoms with van der Waals surface area (Å²) < 4.78 is 83.2. The molecule has 0 fully saturated rings. The molecule has 8 rings (SSSR count). The number of carbonyl (C=O) groups excluding carboxylic acids is 1. The minimum atomic E-state index is -3.61. The van der Waals surface area contributed by atoms with Gasteiger partial charge >= 0.3 is 17.3 Å². The second-order valence-electron chi connectivity index (χ2n) is 19.3. The summed E-state index contributed by atoms with van der Waals surface area (Å²) in [5.74, 6) is 2.40. The lowest BCUT2D eigenvalue weighted by Crippen LogP contribution is -2.22. The zero-order valence-corrected chi connectivity index (χ0v) is 48.1. The van der Waals surface area contributed by atoms with E-state index < -0.39 is 37.3 Å². The van der Waals surface area contributed by atoms with E-state index in [1.807, 2.05) is 90.1 Å². The second-order valence-corrected chi connectivity index (χ2v) is 23.6. The number of nitrogens with one attached hydrogen (secondary N) is 4. The molecule has 0 aliphatic rings. The van der Waals surface area contributed by atoms with Gasteiger partial charge in [-0.3, -0.25) is 9.44 Å². The zero-order chi connectivity index (χ0) is 58.5. The van der Waals surface area contributed by atoms with Crippen LogP contribution < -0.4 is 61.7 Å². The first-order chi connectivity index (χ1) is 37.0. The van der Waals surface area contributed by atoms with Gasteiger partial charge in [0.15, 0.2) is 11.5 Å². The van der Waals surface area contributed by atoms with Crippen LogP contribution in [0, 0.1) is 0 Å². The van der Waals surface area contributed by atoms with Crippen molar-refractivity contribution < 1.29 is 49.4 Å². The number of urea groups is 1. The number of rotatable bonds is 12. The number of halogens is 2. The molecule has 6 aromatic carbocycles. The molecule has 2 aromatic heterocycles. The van der Waals surface area contributed by atoms with Gasteiger partial charge in [0, 0.05) is 39.4 Å². The number of carbonyl (C=O) groups is 1. The van der Waals surface area contributed by atoms with Gasteiger partial charge in [0.2, 0.25) is 20.0 Å². The lowest BCUT2D eigenvalue weighted by molar-refractivity contribution is 0.262. The normalized spacial score (nSPS) is 11.3. The molecule has 79 heavy (non-hydrogen) atoms. The molecule has 0 spiro atoms. The number of hydrogen-bond donors (Lipinski definition) is 6. The van der Waals surface area contributed by atoms with Crippen LogP contribution in [0.3, 0.4) is 0 Å². The van der Waals surface area contributed by atoms with E-state index in [1.165, 1.54) is 44.9 Å². The van der Waals surface area contributed by atoms with Crippen molar-refractivity contribution in [2.45, 2.75) is 52.4 Å². The number of benzene rings is 6. The van der Waals surface area contributed by atoms with Crippen LogP contribution >= 0.6 is 23.2 Å². The summed E-state index contributed by atoms with van der Waals surface area (Å²) in [6, 6.07) is 34.0. The Kier molecular flexibility index (Phi) is 20.7. The summed E-state index contributed by atoms with van der Waals surface area (Å²) >= 11 is 9.53. The van der Waals surface area contributed by atoms with Crippen LogP contribution in [0.25, 0.3) is 21.5 Å². The Morgan fingerprint density at radius 2 is 0.937 bits per heavy atom. The van der Waals surface area contributed by atoms with Gasteiger partial charge in [-0.25, -0.2) is 31.2 Å². The molecule has 0 aliphatic carbocycles. The zero-order valence-electron chi connectivity index (χ0n) is 44.9. The van der Waals surface area contributed by atoms with Gasteiger partial charge < -0.3 is 49.9 Å². The predicted octanol–water partition coefficient (Wildman–Crippen LogP) is 12.4. The van der Waals surface area contributed by atoms with Gasteiger partial charge in [-0.2, -0.15) is 0 Å². The number of nitrogens with two attached hydrogens (primary N) is 2. The summed E-state index contributed by atoms with van der Waals surface area (Å²) in [5.41, 5.74) is 14.5. The van der Waals surface area contributed by atoms with E-state index in [-0.39, 0.29) is 27.6 Å². The topological polar surface area (TPSA) is 283 Å². The van der Waals surface area contributed by atoms with Crippen LogP contribution in [0.4, 0.5) is 38.9 Å². The van der Waals surface area contributed by atoms with Gasteiger partial charge in [-0.1, -0.05) is 90.1 Å². The van der Waals surface area contributed by atoms with E-state index in [4.69, 9.17) is 58.0 Å². The smallest absolute Gasteiger partial charge is 0.339 e. The second kappa shape index (κ2) is 26.5. The average Bonchev–Trinajstić information content (AvgIpc) is 3.36. The van der Waals surface area contributed by atoms with Gasteiger partial charge in [0.25, 0.3) is 0 Å². The number of amides is 2. The summed E-state index contributed by atoms with van der Waals surface area (Å²) in [6.07, 6.45) is 4.69. The summed E-state index contributed by atoms with van der Waals surface area (Å²) in [4.78, 5) is 35.8. The predicted molar refractivity (Wildman–Crippen MR) is 316 cm³/mol. The molecule has 2 amide bonds. The van der Waals surface area contributed by atoms with Crippen molar-refractivity contribution in [3.05, 3.63) is 166 Å². The average molecular weight is 1160 g/mol. The molecule has 8 N–H and O–H groups in total. The molecule has 0 radical (unpaired) electrons. The highest BCUT2D eigenvalue weighted by Crippen LogP contribution is 2.41. The van der Waals surface area contributed by atoms with E-state index in [0.717, 1.165) is 34.4 Å². The van der Waals surface area contributed by atoms with Crippen LogP contribution in [0.15, 0.2) is 152 Å². The third-order valence-corrected chi connectivity index (χ3v) is 12.2. The van der Waals surface area contributed by atoms with E-state index in [0.29, 0.717) is 68.0 Å². The fourth-order valence-corrected chi connectivity index (χ4v) is 8.58. The number of nitrogen functional groups attached to an aromatic ring is 2. The van der Waals surface area contributed by atoms with Crippen molar-refractivity contribution in [1.29, 1.82) is 0 Å². The van der Waals surface area contributed by atoms with E-state index in [9.17, 15) is 31.2 Å². The van der Waals surface area contributed by atoms with Crippen molar-refractivity contribution in [1.82, 2.24) is 0 Å². The maximum absolute atomic E-state index is 13.2. The number of sulfonamides is 2. The van der Waals surface area contributed by atoms with Crippen molar-refractivity contribution in [2.75, 3.05) is 63.6 Å². The number of anilines is 6. The van der Waals surface area contributed by atoms with E-state index >= 15 is 0 Å². The maximum Gasteiger partial charge on any atom is 0.339 e. The Labute approximate surface area is 468 Å². The standard InChI is InChI=1S/C28H29N3O7S.C15H11NO3.C12H20N2O3S.CH2Cl2/c1-28(2,3)17-14-22(26(36-4)23(15-17)31-39(5,34)35)30-27(33)29-21-10-11-24(20-9-7-6-8-19(20)21)38-18-12-13-37-25(32)16-18;16-13-5-6-14(12-4-2-1-3-11(12)13)19-10-7-8-18-15(17)9-10;1-12(2,3)8-6-9(13)11(17-4)10(7-8)14-18(5,15)16;2-1-3/h6-16,31H,1-5H3,(H2,29,30,33);1-9H,16H2;6-7,14H,13H2,1-5H3;1H2. The number of alkyl halides is 2. The van der Waals surface area contributed by atoms with Crippen LogP contribution in [0.1, 0.15) is 52.7 Å². The molecule has 8 aromatic rings. The monoisotopic (exact) mass is 1160 g/mol. The SMILES string of the molecule is COc1c(N)cc(C(C)(C)C)cc1NS(C)(=O)=O.COc1c(NC(=O)Nc2ccc(Oc3ccoc(=O)c3)c3ccccc23)cc(C(C)(C)C)cc1NS(C)(=O)=O.ClCCl.Nc1ccc(Oc2ccoc(=O)c2)c2ccccc12. The Hall–Kier alpha value is -8.11. The number of fused-ring (bicyclic) bond motifs is 2. The summed E-state index contributed by atoms with van der Waals surface area (Å²) in [6.45, 7) is 12.0. The quantitative estimate of drug-likeness (QED) is 0.0490. The van der Waals surface area contributed by atoms with Crippen molar-refractivity contribution in [2.24, 2.45) is 0 Å². The van der Waals surface area contributed by atoms with E-state index in [1.54, 1.807) is 54.6 Å². The van der Waals surface area contributed by atoms with Gasteiger partial charge in [0.05, 0.1) is 85.2 Å². The molecule has 0 bridgehead atoms. The summed E-state index contributed by atoms with van der Waals surface area (Å²) in [5, 5.41) is 9.05. The van der Waals surface area contributed by atoms with Gasteiger partial charge in [-0.05, 0) is 70.5 Å². The molecule has 0 unspecified atom stereocenters. The lowest BCUT2D eigenvalue weighted by atomic mass is 9.86. The molecule has 0 saturated carbocycles. The molecule has 0 saturated heterocycles. The minimum Gasteiger partial charge on any atom is -0.492 e. The highest BCUT2D eigenvalue weighted by atomic mass is 35.5. The van der Waals surface area contributed by atoms with Crippen molar-refractivity contribution in [3.63, 3.8) is 0 Å². The Balaban J connectivity index is 0.000000238. The number of ether oxygens (including phenoxy) is 4. The first-order valence-corrected chi connectivity index (χ1v) is 28.6. The lowest BCUT2D eigenvalue weighted by Gasteiger charge is -2.24. The van der Waals surface area contributed by atoms with Crippen LogP contribution in [0.5, 0.6) is 34.5 Å². The van der Waals surface area contributed by atoms with E-state index in [2.05, 4.69) is 24.5 Å². The van der Waals surface area contributed by atoms with Gasteiger partial charge in [-0.15, -0.1) is 23.2 Å². The van der Waals surface area contributed by atoms with Crippen molar-refractivity contribution >= 4 is 105 Å². The highest BCUT2D eigenvalue weighted by molar-refractivity contribution is 7.92. The molecule has 0 atom stereocenters. The molecular weight excluding hydrogens is 1100 g/mol. The Morgan fingerprint density at radius 1 is 0.532 bits per heavy atom. The first kappa shape index (κ1) is 61.7. The van der Waals surface area contributed by atoms with Crippen LogP contribution in [-0.2, 0) is 30.9 Å². The molecular formula is C56H62Cl2N6O13S2. The minimum absolute atomic E-state index is 0.131. The Bertz CT molecular complexity index is 3810. The molecule has 0 aliphatic heterocycles. The third-order valence-electron chi connectivity index (χ3n) is 11.0.